The van der Waals surface area contributed by atoms with Crippen LogP contribution in [0, 0.1) is 20.8 Å². The Morgan fingerprint density at radius 2 is 1.86 bits per heavy atom. The number of thiophene rings is 1. The lowest BCUT2D eigenvalue weighted by atomic mass is 9.96. The van der Waals surface area contributed by atoms with Crippen LogP contribution >= 0.6 is 11.3 Å². The molecule has 5 nitrogen and oxygen atoms in total. The van der Waals surface area contributed by atoms with E-state index in [9.17, 15) is 9.59 Å². The summed E-state index contributed by atoms with van der Waals surface area (Å²) in [5, 5.41) is 0.854. The minimum atomic E-state index is -0.112. The molecular formula is C22H25N3O2S. The van der Waals surface area contributed by atoms with E-state index in [1.165, 1.54) is 0 Å². The molecule has 0 N–H and O–H groups in total. The Labute approximate surface area is 169 Å². The number of amides is 2. The zero-order valence-electron chi connectivity index (χ0n) is 16.6. The summed E-state index contributed by atoms with van der Waals surface area (Å²) in [7, 11) is 0. The highest BCUT2D eigenvalue weighted by Crippen LogP contribution is 2.39. The molecule has 0 saturated carbocycles. The standard InChI is InChI=1S/C22H25N3O2S/c1-14-8-4-5-9-17(14)21-20-15(2)16(3)28-22(20)25(18(26)12-23-21)13-19(27)24-10-6-7-11-24/h4-5,8-9H,6-7,10-13H2,1-3H3. The van der Waals surface area contributed by atoms with E-state index in [0.717, 1.165) is 63.8 Å². The molecule has 0 radical (unpaired) electrons. The molecule has 4 rings (SSSR count). The third-order valence-corrected chi connectivity index (χ3v) is 6.90. The van der Waals surface area contributed by atoms with Crippen LogP contribution in [-0.4, -0.2) is 48.6 Å². The van der Waals surface area contributed by atoms with Crippen molar-refractivity contribution in [2.75, 3.05) is 31.1 Å². The number of fused-ring (bicyclic) bond motifs is 1. The van der Waals surface area contributed by atoms with Crippen LogP contribution in [0.3, 0.4) is 0 Å². The zero-order valence-corrected chi connectivity index (χ0v) is 17.4. The fraction of sp³-hybridized carbons (Fsp3) is 0.409. The maximum Gasteiger partial charge on any atom is 0.249 e. The Balaban J connectivity index is 1.78. The van der Waals surface area contributed by atoms with Crippen LogP contribution in [0.4, 0.5) is 5.00 Å². The van der Waals surface area contributed by atoms with Gasteiger partial charge in [0.15, 0.2) is 0 Å². The second-order valence-corrected chi connectivity index (χ2v) is 8.71. The predicted octanol–water partition coefficient (Wildman–Crippen LogP) is 3.48. The topological polar surface area (TPSA) is 53.0 Å². The summed E-state index contributed by atoms with van der Waals surface area (Å²) in [6, 6.07) is 8.13. The monoisotopic (exact) mass is 395 g/mol. The molecule has 2 aliphatic heterocycles. The molecule has 6 heteroatoms. The maximum absolute atomic E-state index is 13.0. The Kier molecular flexibility index (Phi) is 5.06. The molecule has 0 aliphatic carbocycles. The van der Waals surface area contributed by atoms with Gasteiger partial charge < -0.3 is 4.90 Å². The molecule has 0 unspecified atom stereocenters. The lowest BCUT2D eigenvalue weighted by molar-refractivity contribution is -0.130. The highest BCUT2D eigenvalue weighted by atomic mass is 32.1. The number of rotatable bonds is 3. The van der Waals surface area contributed by atoms with Crippen molar-refractivity contribution in [3.8, 4) is 0 Å². The quantitative estimate of drug-likeness (QED) is 0.799. The van der Waals surface area contributed by atoms with Gasteiger partial charge in [-0.3, -0.25) is 19.5 Å². The molecule has 0 bridgehead atoms. The predicted molar refractivity (Wildman–Crippen MR) is 114 cm³/mol. The van der Waals surface area contributed by atoms with Gasteiger partial charge in [-0.05, 0) is 44.7 Å². The Hall–Kier alpha value is -2.47. The minimum absolute atomic E-state index is 0.0276. The summed E-state index contributed by atoms with van der Waals surface area (Å²) in [4.78, 5) is 35.1. The van der Waals surface area contributed by atoms with E-state index in [0.29, 0.717) is 0 Å². The van der Waals surface area contributed by atoms with Crippen molar-refractivity contribution < 1.29 is 9.59 Å². The lowest BCUT2D eigenvalue weighted by Gasteiger charge is -2.23. The van der Waals surface area contributed by atoms with Gasteiger partial charge in [-0.2, -0.15) is 0 Å². The molecule has 0 spiro atoms. The molecule has 2 aliphatic rings. The first kappa shape index (κ1) is 18.9. The number of likely N-dealkylation sites (tertiary alicyclic amines) is 1. The normalized spacial score (nSPS) is 16.8. The molecule has 1 saturated heterocycles. The van der Waals surface area contributed by atoms with Gasteiger partial charge in [0, 0.05) is 29.1 Å². The molecule has 1 aromatic carbocycles. The number of aryl methyl sites for hydroxylation is 2. The van der Waals surface area contributed by atoms with Crippen molar-refractivity contribution >= 4 is 33.9 Å². The van der Waals surface area contributed by atoms with E-state index >= 15 is 0 Å². The van der Waals surface area contributed by atoms with Gasteiger partial charge >= 0.3 is 0 Å². The van der Waals surface area contributed by atoms with Crippen molar-refractivity contribution in [3.05, 3.63) is 51.4 Å². The smallest absolute Gasteiger partial charge is 0.249 e. The average molecular weight is 396 g/mol. The highest BCUT2D eigenvalue weighted by molar-refractivity contribution is 7.17. The van der Waals surface area contributed by atoms with Crippen molar-refractivity contribution in [1.82, 2.24) is 4.90 Å². The van der Waals surface area contributed by atoms with E-state index in [1.54, 1.807) is 16.2 Å². The van der Waals surface area contributed by atoms with Crippen LogP contribution in [0.5, 0.6) is 0 Å². The van der Waals surface area contributed by atoms with Gasteiger partial charge in [0.2, 0.25) is 11.8 Å². The molecule has 2 amide bonds. The van der Waals surface area contributed by atoms with E-state index in [4.69, 9.17) is 4.99 Å². The number of benzene rings is 1. The minimum Gasteiger partial charge on any atom is -0.341 e. The van der Waals surface area contributed by atoms with Crippen LogP contribution in [0.1, 0.15) is 40.0 Å². The number of aliphatic imine (C=N–C) groups is 1. The van der Waals surface area contributed by atoms with Gasteiger partial charge in [0.05, 0.1) is 5.71 Å². The highest BCUT2D eigenvalue weighted by Gasteiger charge is 2.32. The van der Waals surface area contributed by atoms with Gasteiger partial charge in [0.1, 0.15) is 18.1 Å². The number of nitrogens with zero attached hydrogens (tertiary/aromatic N) is 3. The number of carbonyl (C=O) groups excluding carboxylic acids is 2. The van der Waals surface area contributed by atoms with Crippen molar-refractivity contribution in [3.63, 3.8) is 0 Å². The van der Waals surface area contributed by atoms with E-state index in [1.807, 2.05) is 17.0 Å². The fourth-order valence-corrected chi connectivity index (χ4v) is 5.10. The number of hydrogen-bond donors (Lipinski definition) is 0. The number of anilines is 1. The van der Waals surface area contributed by atoms with Gasteiger partial charge in [0.25, 0.3) is 0 Å². The summed E-state index contributed by atoms with van der Waals surface area (Å²) in [5.41, 5.74) is 5.17. The summed E-state index contributed by atoms with van der Waals surface area (Å²) in [5.74, 6) is -0.0847. The van der Waals surface area contributed by atoms with Crippen LogP contribution in [-0.2, 0) is 9.59 Å². The Morgan fingerprint density at radius 1 is 1.14 bits per heavy atom. The van der Waals surface area contributed by atoms with Crippen LogP contribution in [0.15, 0.2) is 29.3 Å². The van der Waals surface area contributed by atoms with Crippen LogP contribution in [0.25, 0.3) is 0 Å². The average Bonchev–Trinajstić information content (AvgIpc) is 3.28. The van der Waals surface area contributed by atoms with E-state index in [2.05, 4.69) is 32.9 Å². The zero-order chi connectivity index (χ0) is 19.8. The first-order chi connectivity index (χ1) is 13.5. The summed E-state index contributed by atoms with van der Waals surface area (Å²) in [6.07, 6.45) is 2.09. The molecule has 1 fully saturated rings. The summed E-state index contributed by atoms with van der Waals surface area (Å²) >= 11 is 1.58. The maximum atomic E-state index is 13.0. The van der Waals surface area contributed by atoms with Crippen LogP contribution < -0.4 is 4.90 Å². The molecular weight excluding hydrogens is 370 g/mol. The Bertz CT molecular complexity index is 970. The summed E-state index contributed by atoms with van der Waals surface area (Å²) in [6.45, 7) is 7.96. The van der Waals surface area contributed by atoms with Crippen molar-refractivity contribution in [2.24, 2.45) is 4.99 Å². The van der Waals surface area contributed by atoms with E-state index in [-0.39, 0.29) is 24.9 Å². The third kappa shape index (κ3) is 3.26. The van der Waals surface area contributed by atoms with Crippen molar-refractivity contribution in [1.29, 1.82) is 0 Å². The lowest BCUT2D eigenvalue weighted by Crippen LogP contribution is -2.42. The summed E-state index contributed by atoms with van der Waals surface area (Å²) < 4.78 is 0. The molecule has 2 aromatic rings. The first-order valence-electron chi connectivity index (χ1n) is 9.76. The molecule has 3 heterocycles. The SMILES string of the molecule is Cc1ccccc1C1=NCC(=O)N(CC(=O)N2CCCC2)c2sc(C)c(C)c21. The van der Waals surface area contributed by atoms with Gasteiger partial charge in [-0.1, -0.05) is 24.3 Å². The Morgan fingerprint density at radius 3 is 2.57 bits per heavy atom. The second-order valence-electron chi connectivity index (χ2n) is 7.51. The molecule has 28 heavy (non-hydrogen) atoms. The fourth-order valence-electron chi connectivity index (χ4n) is 3.92. The number of hydrogen-bond acceptors (Lipinski definition) is 4. The van der Waals surface area contributed by atoms with E-state index < -0.39 is 0 Å². The second kappa shape index (κ2) is 7.51. The molecule has 146 valence electrons. The molecule has 0 atom stereocenters. The van der Waals surface area contributed by atoms with Crippen molar-refractivity contribution in [2.45, 2.75) is 33.6 Å². The van der Waals surface area contributed by atoms with Gasteiger partial charge in [-0.15, -0.1) is 11.3 Å². The van der Waals surface area contributed by atoms with Crippen LogP contribution in [0.2, 0.25) is 0 Å². The third-order valence-electron chi connectivity index (χ3n) is 5.67. The van der Waals surface area contributed by atoms with Gasteiger partial charge in [-0.25, -0.2) is 0 Å². The molecule has 1 aromatic heterocycles. The largest absolute Gasteiger partial charge is 0.341 e. The number of carbonyl (C=O) groups is 2. The first-order valence-corrected chi connectivity index (χ1v) is 10.6.